The van der Waals surface area contributed by atoms with E-state index in [4.69, 9.17) is 5.73 Å². The summed E-state index contributed by atoms with van der Waals surface area (Å²) in [6.45, 7) is 2.25. The van der Waals surface area contributed by atoms with Crippen molar-refractivity contribution in [2.45, 2.75) is 63.2 Å². The molecule has 0 aliphatic rings. The van der Waals surface area contributed by atoms with E-state index in [2.05, 4.69) is 6.92 Å². The van der Waals surface area contributed by atoms with Crippen LogP contribution in [-0.4, -0.2) is 5.75 Å². The van der Waals surface area contributed by atoms with Crippen molar-refractivity contribution in [1.29, 1.82) is 0 Å². The lowest BCUT2D eigenvalue weighted by Gasteiger charge is -2.05. The molecule has 0 aliphatic heterocycles. The number of hydrogen-bond acceptors (Lipinski definition) is 2. The first-order valence-electron chi connectivity index (χ1n) is 7.42. The normalized spacial score (nSPS) is 10.8. The molecule has 1 nitrogen and oxygen atoms in total. The van der Waals surface area contributed by atoms with Crippen LogP contribution in [0.5, 0.6) is 0 Å². The Labute approximate surface area is 121 Å². The fourth-order valence-electron chi connectivity index (χ4n) is 2.07. The van der Waals surface area contributed by atoms with E-state index >= 15 is 0 Å². The summed E-state index contributed by atoms with van der Waals surface area (Å²) in [6.07, 6.45) is 10.7. The van der Waals surface area contributed by atoms with Crippen LogP contribution in [0.1, 0.15) is 58.3 Å². The maximum Gasteiger partial charge on any atom is 0.125 e. The van der Waals surface area contributed by atoms with Gasteiger partial charge in [-0.25, -0.2) is 4.39 Å². The summed E-state index contributed by atoms with van der Waals surface area (Å²) in [4.78, 5) is 1.00. The zero-order chi connectivity index (χ0) is 13.9. The third-order valence-corrected chi connectivity index (χ3v) is 4.40. The van der Waals surface area contributed by atoms with Crippen LogP contribution in [0.25, 0.3) is 0 Å². The van der Waals surface area contributed by atoms with Crippen molar-refractivity contribution in [1.82, 2.24) is 0 Å². The first kappa shape index (κ1) is 16.4. The number of nitrogens with two attached hydrogens (primary N) is 1. The Bertz CT molecular complexity index is 355. The van der Waals surface area contributed by atoms with Gasteiger partial charge in [0.25, 0.3) is 0 Å². The molecule has 3 heteroatoms. The van der Waals surface area contributed by atoms with Crippen LogP contribution in [0.2, 0.25) is 0 Å². The van der Waals surface area contributed by atoms with Crippen LogP contribution >= 0.6 is 11.8 Å². The molecule has 0 aromatic heterocycles. The number of anilines is 1. The van der Waals surface area contributed by atoms with Crippen LogP contribution in [0, 0.1) is 5.82 Å². The molecule has 1 aromatic rings. The van der Waals surface area contributed by atoms with Crippen molar-refractivity contribution >= 4 is 17.4 Å². The molecule has 1 aromatic carbocycles. The summed E-state index contributed by atoms with van der Waals surface area (Å²) >= 11 is 1.74. The SMILES string of the molecule is CCCCCCCCCCSc1ccc(F)cc1N. The molecule has 0 saturated heterocycles. The van der Waals surface area contributed by atoms with Gasteiger partial charge in [-0.05, 0) is 30.4 Å². The van der Waals surface area contributed by atoms with E-state index in [1.165, 1.54) is 63.5 Å². The third kappa shape index (κ3) is 7.46. The van der Waals surface area contributed by atoms with Gasteiger partial charge < -0.3 is 5.73 Å². The van der Waals surface area contributed by atoms with Crippen LogP contribution in [0.15, 0.2) is 23.1 Å². The Hall–Kier alpha value is -0.700. The first-order chi connectivity index (χ1) is 9.24. The summed E-state index contributed by atoms with van der Waals surface area (Å²) in [5, 5.41) is 0. The molecule has 0 spiro atoms. The summed E-state index contributed by atoms with van der Waals surface area (Å²) in [7, 11) is 0. The number of thioether (sulfide) groups is 1. The van der Waals surface area contributed by atoms with Crippen molar-refractivity contribution in [3.63, 3.8) is 0 Å². The predicted molar refractivity (Wildman–Crippen MR) is 84.1 cm³/mol. The van der Waals surface area contributed by atoms with Gasteiger partial charge >= 0.3 is 0 Å². The van der Waals surface area contributed by atoms with E-state index in [-0.39, 0.29) is 5.82 Å². The highest BCUT2D eigenvalue weighted by atomic mass is 32.2. The second kappa shape index (κ2) is 10.1. The van der Waals surface area contributed by atoms with E-state index < -0.39 is 0 Å². The Morgan fingerprint density at radius 2 is 1.63 bits per heavy atom. The molecule has 0 fully saturated rings. The predicted octanol–water partition coefficient (Wildman–Crippen LogP) is 5.64. The number of rotatable bonds is 10. The van der Waals surface area contributed by atoms with Crippen LogP contribution in [-0.2, 0) is 0 Å². The number of unbranched alkanes of at least 4 members (excludes halogenated alkanes) is 7. The lowest BCUT2D eigenvalue weighted by molar-refractivity contribution is 0.586. The molecule has 108 valence electrons. The van der Waals surface area contributed by atoms with E-state index in [0.29, 0.717) is 5.69 Å². The zero-order valence-corrected chi connectivity index (χ0v) is 12.8. The Balaban J connectivity index is 2.01. The fourth-order valence-corrected chi connectivity index (χ4v) is 3.03. The largest absolute Gasteiger partial charge is 0.398 e. The average molecular weight is 283 g/mol. The topological polar surface area (TPSA) is 26.0 Å². The van der Waals surface area contributed by atoms with Gasteiger partial charge in [0.15, 0.2) is 0 Å². The Morgan fingerprint density at radius 3 is 2.26 bits per heavy atom. The Morgan fingerprint density at radius 1 is 1.00 bits per heavy atom. The molecule has 0 aliphatic carbocycles. The molecule has 0 unspecified atom stereocenters. The fraction of sp³-hybridized carbons (Fsp3) is 0.625. The van der Waals surface area contributed by atoms with E-state index in [0.717, 1.165) is 10.6 Å². The quantitative estimate of drug-likeness (QED) is 0.341. The second-order valence-corrected chi connectivity index (χ2v) is 6.14. The number of halogens is 1. The molecule has 0 heterocycles. The zero-order valence-electron chi connectivity index (χ0n) is 12.0. The highest BCUT2D eigenvalue weighted by Gasteiger charge is 2.01. The molecule has 0 atom stereocenters. The maximum atomic E-state index is 12.9. The minimum Gasteiger partial charge on any atom is -0.398 e. The smallest absolute Gasteiger partial charge is 0.125 e. The van der Waals surface area contributed by atoms with E-state index in [1.807, 2.05) is 0 Å². The van der Waals surface area contributed by atoms with Gasteiger partial charge in [0.05, 0.1) is 0 Å². The third-order valence-electron chi connectivity index (χ3n) is 3.23. The van der Waals surface area contributed by atoms with Crippen molar-refractivity contribution in [2.75, 3.05) is 11.5 Å². The van der Waals surface area contributed by atoms with E-state index in [1.54, 1.807) is 17.8 Å². The Kier molecular flexibility index (Phi) is 8.72. The minimum atomic E-state index is -0.256. The highest BCUT2D eigenvalue weighted by molar-refractivity contribution is 7.99. The van der Waals surface area contributed by atoms with Gasteiger partial charge in [0.2, 0.25) is 0 Å². The second-order valence-electron chi connectivity index (χ2n) is 5.01. The van der Waals surface area contributed by atoms with Crippen molar-refractivity contribution in [3.05, 3.63) is 24.0 Å². The summed E-state index contributed by atoms with van der Waals surface area (Å²) in [5.41, 5.74) is 6.33. The molecule has 0 radical (unpaired) electrons. The summed E-state index contributed by atoms with van der Waals surface area (Å²) in [6, 6.07) is 4.66. The number of benzene rings is 1. The average Bonchev–Trinajstić information content (AvgIpc) is 2.39. The molecule has 0 saturated carbocycles. The van der Waals surface area contributed by atoms with Gasteiger partial charge in [0, 0.05) is 10.6 Å². The standard InChI is InChI=1S/C16H26FNS/c1-2-3-4-5-6-7-8-9-12-19-16-11-10-14(17)13-15(16)18/h10-11,13H,2-9,12,18H2,1H3. The van der Waals surface area contributed by atoms with Gasteiger partial charge in [-0.3, -0.25) is 0 Å². The number of nitrogen functional groups attached to an aromatic ring is 1. The molecule has 1 rings (SSSR count). The lowest BCUT2D eigenvalue weighted by Crippen LogP contribution is -1.91. The first-order valence-corrected chi connectivity index (χ1v) is 8.40. The van der Waals surface area contributed by atoms with Crippen molar-refractivity contribution in [2.24, 2.45) is 0 Å². The minimum absolute atomic E-state index is 0.256. The van der Waals surface area contributed by atoms with Gasteiger partial charge in [0.1, 0.15) is 5.82 Å². The summed E-state index contributed by atoms with van der Waals surface area (Å²) in [5.74, 6) is 0.819. The van der Waals surface area contributed by atoms with Crippen LogP contribution in [0.4, 0.5) is 10.1 Å². The van der Waals surface area contributed by atoms with Crippen molar-refractivity contribution in [3.8, 4) is 0 Å². The molecule has 0 amide bonds. The van der Waals surface area contributed by atoms with Gasteiger partial charge in [-0.2, -0.15) is 0 Å². The maximum absolute atomic E-state index is 12.9. The molecule has 0 bridgehead atoms. The van der Waals surface area contributed by atoms with Gasteiger partial charge in [-0.15, -0.1) is 11.8 Å². The molecule has 19 heavy (non-hydrogen) atoms. The van der Waals surface area contributed by atoms with Crippen molar-refractivity contribution < 1.29 is 4.39 Å². The van der Waals surface area contributed by atoms with Crippen LogP contribution in [0.3, 0.4) is 0 Å². The highest BCUT2D eigenvalue weighted by Crippen LogP contribution is 2.26. The monoisotopic (exact) mass is 283 g/mol. The van der Waals surface area contributed by atoms with Crippen LogP contribution < -0.4 is 5.73 Å². The van der Waals surface area contributed by atoms with Gasteiger partial charge in [-0.1, -0.05) is 51.9 Å². The number of hydrogen-bond donors (Lipinski definition) is 1. The lowest BCUT2D eigenvalue weighted by atomic mass is 10.1. The molecule has 2 N–H and O–H groups in total. The summed E-state index contributed by atoms with van der Waals surface area (Å²) < 4.78 is 12.9. The van der Waals surface area contributed by atoms with E-state index in [9.17, 15) is 4.39 Å². The molecular weight excluding hydrogens is 257 g/mol. The molecular formula is C16H26FNS.